The molecule has 0 fully saturated rings. The molecule has 41 heavy (non-hydrogen) atoms. The molecule has 1 aromatic carbocycles. The summed E-state index contributed by atoms with van der Waals surface area (Å²) in [6.45, 7) is 11.6. The molecule has 0 bridgehead atoms. The summed E-state index contributed by atoms with van der Waals surface area (Å²) in [5.41, 5.74) is 1.83. The fourth-order valence-electron chi connectivity index (χ4n) is 3.90. The van der Waals surface area contributed by atoms with Gasteiger partial charge in [0, 0.05) is 20.6 Å². The monoisotopic (exact) mass is 579 g/mol. The summed E-state index contributed by atoms with van der Waals surface area (Å²) in [6.07, 6.45) is 0.692. The van der Waals surface area contributed by atoms with Gasteiger partial charge in [-0.05, 0) is 33.9 Å². The van der Waals surface area contributed by atoms with Gasteiger partial charge in [0.15, 0.2) is 0 Å². The Labute approximate surface area is 242 Å². The number of hydrogen-bond donors (Lipinski definition) is 1. The van der Waals surface area contributed by atoms with Crippen LogP contribution in [-0.2, 0) is 45.8 Å². The summed E-state index contributed by atoms with van der Waals surface area (Å²) in [5.74, 6) is -0.282. The fraction of sp³-hybridized carbons (Fsp3) is 0.621. The van der Waals surface area contributed by atoms with Crippen molar-refractivity contribution in [1.82, 2.24) is 14.7 Å². The summed E-state index contributed by atoms with van der Waals surface area (Å²) in [5, 5.41) is 10.9. The van der Waals surface area contributed by atoms with Gasteiger partial charge in [-0.1, -0.05) is 53.7 Å². The van der Waals surface area contributed by atoms with Crippen LogP contribution in [0.4, 0.5) is 9.59 Å². The second-order valence-electron chi connectivity index (χ2n) is 11.7. The lowest BCUT2D eigenvalue weighted by Crippen LogP contribution is -2.52. The number of rotatable bonds is 14. The Morgan fingerprint density at radius 1 is 0.878 bits per heavy atom. The van der Waals surface area contributed by atoms with Crippen molar-refractivity contribution in [1.29, 1.82) is 0 Å². The minimum atomic E-state index is -0.908. The van der Waals surface area contributed by atoms with Crippen LogP contribution in [0.1, 0.15) is 64.7 Å². The van der Waals surface area contributed by atoms with Gasteiger partial charge in [0.2, 0.25) is 6.41 Å². The highest BCUT2D eigenvalue weighted by Crippen LogP contribution is 2.40. The Morgan fingerprint density at radius 3 is 1.95 bits per heavy atom. The minimum Gasteiger partial charge on any atom is -0.507 e. The first kappa shape index (κ1) is 35.4. The number of urea groups is 2. The Morgan fingerprint density at radius 2 is 1.46 bits per heavy atom. The number of hydrogen-bond acceptors (Lipinski definition) is 9. The third-order valence-corrected chi connectivity index (χ3v) is 6.29. The first-order valence-electron chi connectivity index (χ1n) is 13.4. The molecule has 5 amide bonds. The fourth-order valence-corrected chi connectivity index (χ4v) is 3.90. The molecule has 0 atom stereocenters. The van der Waals surface area contributed by atoms with Gasteiger partial charge in [0.05, 0.1) is 26.2 Å². The number of carbonyl (C=O) groups excluding carboxylic acids is 5. The van der Waals surface area contributed by atoms with Crippen LogP contribution in [0.3, 0.4) is 0 Å². The van der Waals surface area contributed by atoms with Crippen molar-refractivity contribution < 1.29 is 43.3 Å². The maximum absolute atomic E-state index is 13.0. The van der Waals surface area contributed by atoms with Crippen molar-refractivity contribution >= 4 is 30.9 Å². The van der Waals surface area contributed by atoms with E-state index in [0.717, 1.165) is 31.4 Å². The van der Waals surface area contributed by atoms with E-state index < -0.39 is 18.0 Å². The van der Waals surface area contributed by atoms with Gasteiger partial charge in [0.1, 0.15) is 19.0 Å². The molecule has 0 saturated heterocycles. The van der Waals surface area contributed by atoms with Crippen LogP contribution in [-0.4, -0.2) is 104 Å². The minimum absolute atomic E-state index is 0.0000388. The van der Waals surface area contributed by atoms with Crippen LogP contribution in [0.5, 0.6) is 5.75 Å². The van der Waals surface area contributed by atoms with Crippen molar-refractivity contribution in [2.75, 3.05) is 53.6 Å². The van der Waals surface area contributed by atoms with Crippen LogP contribution < -0.4 is 0 Å². The molecule has 12 heteroatoms. The number of ether oxygens (including phenoxy) is 3. The highest BCUT2D eigenvalue weighted by molar-refractivity contribution is 5.97. The van der Waals surface area contributed by atoms with Gasteiger partial charge >= 0.3 is 18.0 Å². The van der Waals surface area contributed by atoms with E-state index in [1.807, 2.05) is 53.7 Å². The Kier molecular flexibility index (Phi) is 13.7. The number of phenols is 1. The summed E-state index contributed by atoms with van der Waals surface area (Å²) in [6, 6.07) is 2.12. The van der Waals surface area contributed by atoms with E-state index in [4.69, 9.17) is 9.47 Å². The maximum Gasteiger partial charge on any atom is 0.334 e. The van der Waals surface area contributed by atoms with Gasteiger partial charge in [-0.15, -0.1) is 0 Å². The molecule has 0 heterocycles. The average molecular weight is 580 g/mol. The molecule has 0 saturated carbocycles. The van der Waals surface area contributed by atoms with Gasteiger partial charge in [-0.2, -0.15) is 0 Å². The lowest BCUT2D eigenvalue weighted by molar-refractivity contribution is -0.143. The smallest absolute Gasteiger partial charge is 0.334 e. The molecule has 1 aromatic rings. The Balaban J connectivity index is 2.96. The first-order chi connectivity index (χ1) is 19.1. The summed E-state index contributed by atoms with van der Waals surface area (Å²) in [4.78, 5) is 63.1. The van der Waals surface area contributed by atoms with E-state index in [2.05, 4.69) is 4.74 Å². The number of phenolic OH excluding ortho intramolecular Hbond substituents is 1. The Hall–Kier alpha value is -3.67. The van der Waals surface area contributed by atoms with Gasteiger partial charge < -0.3 is 24.2 Å². The third kappa shape index (κ3) is 11.0. The largest absolute Gasteiger partial charge is 0.507 e. The quantitative estimate of drug-likeness (QED) is 0.200. The molecule has 0 radical (unpaired) electrons. The SMILES string of the molecule is COCCN(C=O)C(=O)N(CCOC(=O)CCc1cc(C(C)(C)C)c(O)c(C(C)(C)C)c1)C(=O)N(C)CCOC=O. The second-order valence-corrected chi connectivity index (χ2v) is 11.7. The van der Waals surface area contributed by atoms with E-state index in [0.29, 0.717) is 12.8 Å². The van der Waals surface area contributed by atoms with Gasteiger partial charge in [-0.3, -0.25) is 19.3 Å². The number of aryl methyl sites for hydroxylation is 1. The average Bonchev–Trinajstić information content (AvgIpc) is 2.89. The number of likely N-dealkylation sites (N-methyl/N-ethyl adjacent to an activating group) is 1. The van der Waals surface area contributed by atoms with Crippen LogP contribution in [0.2, 0.25) is 0 Å². The molecule has 12 nitrogen and oxygen atoms in total. The molecule has 0 unspecified atom stereocenters. The van der Waals surface area contributed by atoms with E-state index in [-0.39, 0.29) is 68.9 Å². The van der Waals surface area contributed by atoms with Crippen LogP contribution in [0.15, 0.2) is 12.1 Å². The van der Waals surface area contributed by atoms with E-state index in [1.54, 1.807) is 0 Å². The number of esters is 1. The van der Waals surface area contributed by atoms with E-state index in [9.17, 15) is 29.1 Å². The molecular weight excluding hydrogens is 534 g/mol. The number of methoxy groups -OCH3 is 1. The number of aromatic hydroxyl groups is 1. The lowest BCUT2D eigenvalue weighted by atomic mass is 9.78. The van der Waals surface area contributed by atoms with Crippen molar-refractivity contribution in [2.45, 2.75) is 65.2 Å². The number of benzene rings is 1. The predicted molar refractivity (Wildman–Crippen MR) is 152 cm³/mol. The van der Waals surface area contributed by atoms with E-state index in [1.165, 1.54) is 14.2 Å². The van der Waals surface area contributed by atoms with Gasteiger partial charge in [0.25, 0.3) is 6.47 Å². The second kappa shape index (κ2) is 15.9. The third-order valence-electron chi connectivity index (χ3n) is 6.29. The predicted octanol–water partition coefficient (Wildman–Crippen LogP) is 3.21. The zero-order valence-electron chi connectivity index (χ0n) is 25.5. The van der Waals surface area contributed by atoms with Crippen molar-refractivity contribution in [2.24, 2.45) is 0 Å². The highest BCUT2D eigenvalue weighted by atomic mass is 16.5. The number of amides is 5. The molecule has 230 valence electrons. The van der Waals surface area contributed by atoms with Crippen molar-refractivity contribution in [3.63, 3.8) is 0 Å². The highest BCUT2D eigenvalue weighted by Gasteiger charge is 2.29. The molecular formula is C29H45N3O9. The summed E-state index contributed by atoms with van der Waals surface area (Å²) < 4.78 is 14.8. The molecule has 0 aromatic heterocycles. The molecule has 0 aliphatic carbocycles. The zero-order valence-corrected chi connectivity index (χ0v) is 25.5. The topological polar surface area (TPSA) is 143 Å². The Bertz CT molecular complexity index is 1030. The van der Waals surface area contributed by atoms with Crippen molar-refractivity contribution in [3.8, 4) is 5.75 Å². The number of carbonyl (C=O) groups is 5. The van der Waals surface area contributed by atoms with Crippen molar-refractivity contribution in [3.05, 3.63) is 28.8 Å². The normalized spacial score (nSPS) is 11.4. The zero-order chi connectivity index (χ0) is 31.4. The number of nitrogens with zero attached hydrogens (tertiary/aromatic N) is 3. The number of imide groups is 2. The van der Waals surface area contributed by atoms with Crippen LogP contribution in [0, 0.1) is 0 Å². The molecule has 1 N–H and O–H groups in total. The van der Waals surface area contributed by atoms with E-state index >= 15 is 0 Å². The molecule has 0 spiro atoms. The summed E-state index contributed by atoms with van der Waals surface area (Å²) in [7, 11) is 2.81. The molecule has 1 rings (SSSR count). The summed E-state index contributed by atoms with van der Waals surface area (Å²) >= 11 is 0. The molecule has 0 aliphatic heterocycles. The van der Waals surface area contributed by atoms with Crippen LogP contribution in [0.25, 0.3) is 0 Å². The molecule has 0 aliphatic rings. The first-order valence-corrected chi connectivity index (χ1v) is 13.4. The standard InChI is InChI=1S/C29H45N3O9/c1-28(2,3)22-17-21(18-23(25(22)36)29(4,5)6)9-10-24(35)41-16-13-32(26(37)30(7)11-15-40-20-34)27(38)31(19-33)12-14-39-8/h17-20,36H,9-16H2,1-8H3. The van der Waals surface area contributed by atoms with Crippen LogP contribution >= 0.6 is 0 Å². The maximum atomic E-state index is 13.0. The van der Waals surface area contributed by atoms with Gasteiger partial charge in [-0.25, -0.2) is 14.5 Å². The lowest BCUT2D eigenvalue weighted by Gasteiger charge is -2.29.